The predicted octanol–water partition coefficient (Wildman–Crippen LogP) is 2.07. The number of nitrogens with zero attached hydrogens (tertiary/aromatic N) is 3. The number of nitrogen functional groups attached to an aromatic ring is 1. The number of aryl methyl sites for hydroxylation is 1. The van der Waals surface area contributed by atoms with Crippen molar-refractivity contribution in [2.45, 2.75) is 13.5 Å². The summed E-state index contributed by atoms with van der Waals surface area (Å²) in [6.07, 6.45) is 0. The number of benzene rings is 2. The maximum absolute atomic E-state index is 12.5. The van der Waals surface area contributed by atoms with Crippen LogP contribution in [-0.2, 0) is 11.3 Å². The van der Waals surface area contributed by atoms with Crippen LogP contribution in [0.3, 0.4) is 0 Å². The monoisotopic (exact) mass is 380 g/mol. The molecule has 0 aliphatic rings. The van der Waals surface area contributed by atoms with Crippen molar-refractivity contribution in [2.75, 3.05) is 23.5 Å². The molecule has 4 N–H and O–H groups in total. The van der Waals surface area contributed by atoms with Gasteiger partial charge in [-0.05, 0) is 36.8 Å². The van der Waals surface area contributed by atoms with Crippen molar-refractivity contribution in [1.82, 2.24) is 15.0 Å². The number of ether oxygens (including phenoxy) is 1. The smallest absolute Gasteiger partial charge is 0.280 e. The summed E-state index contributed by atoms with van der Waals surface area (Å²) >= 11 is 0. The third-order valence-electron chi connectivity index (χ3n) is 3.94. The van der Waals surface area contributed by atoms with Crippen LogP contribution in [0.25, 0.3) is 0 Å². The number of rotatable bonds is 6. The molecule has 0 saturated carbocycles. The molecule has 0 saturated heterocycles. The highest BCUT2D eigenvalue weighted by Crippen LogP contribution is 2.24. The summed E-state index contributed by atoms with van der Waals surface area (Å²) < 4.78 is 6.36. The molecule has 0 spiro atoms. The first-order chi connectivity index (χ1) is 13.5. The molecule has 2 aromatic carbocycles. The lowest BCUT2D eigenvalue weighted by molar-refractivity contribution is -0.116. The molecule has 0 unspecified atom stereocenters. The first-order valence-corrected chi connectivity index (χ1v) is 8.48. The van der Waals surface area contributed by atoms with Gasteiger partial charge in [0.05, 0.1) is 12.8 Å². The second-order valence-electron chi connectivity index (χ2n) is 6.05. The molecule has 1 heterocycles. The molecule has 3 aromatic rings. The van der Waals surface area contributed by atoms with E-state index in [-0.39, 0.29) is 24.0 Å². The Morgan fingerprint density at radius 1 is 1.14 bits per heavy atom. The highest BCUT2D eigenvalue weighted by atomic mass is 16.5. The SMILES string of the molecule is COc1ccccc1NC(=O)c1nnn(CC(=O)Nc2cccc(C)c2)c1N. The van der Waals surface area contributed by atoms with Gasteiger partial charge in [0.25, 0.3) is 5.91 Å². The molecule has 0 bridgehead atoms. The van der Waals surface area contributed by atoms with Crippen molar-refractivity contribution in [2.24, 2.45) is 0 Å². The molecule has 0 atom stereocenters. The summed E-state index contributed by atoms with van der Waals surface area (Å²) in [5.41, 5.74) is 8.04. The van der Waals surface area contributed by atoms with Crippen molar-refractivity contribution in [3.05, 3.63) is 59.8 Å². The summed E-state index contributed by atoms with van der Waals surface area (Å²) in [7, 11) is 1.50. The standard InChI is InChI=1S/C19H20N6O3/c1-12-6-5-7-13(10-12)21-16(26)11-25-18(20)17(23-24-25)19(27)22-14-8-3-4-9-15(14)28-2/h3-10H,11,20H2,1-2H3,(H,21,26)(H,22,27). The lowest BCUT2D eigenvalue weighted by atomic mass is 10.2. The van der Waals surface area contributed by atoms with Gasteiger partial charge < -0.3 is 21.1 Å². The minimum atomic E-state index is -0.549. The maximum Gasteiger partial charge on any atom is 0.280 e. The zero-order valence-electron chi connectivity index (χ0n) is 15.5. The number of carbonyl (C=O) groups excluding carboxylic acids is 2. The molecule has 2 amide bonds. The van der Waals surface area contributed by atoms with E-state index in [4.69, 9.17) is 10.5 Å². The molecule has 3 rings (SSSR count). The number of amides is 2. The molecular weight excluding hydrogens is 360 g/mol. The highest BCUT2D eigenvalue weighted by Gasteiger charge is 2.20. The van der Waals surface area contributed by atoms with Crippen LogP contribution in [0.15, 0.2) is 48.5 Å². The zero-order chi connectivity index (χ0) is 20.1. The van der Waals surface area contributed by atoms with Gasteiger partial charge in [0, 0.05) is 5.69 Å². The van der Waals surface area contributed by atoms with E-state index in [1.54, 1.807) is 30.3 Å². The van der Waals surface area contributed by atoms with Crippen LogP contribution < -0.4 is 21.1 Å². The fraction of sp³-hybridized carbons (Fsp3) is 0.158. The maximum atomic E-state index is 12.5. The average Bonchev–Trinajstić information content (AvgIpc) is 3.02. The number of anilines is 3. The summed E-state index contributed by atoms with van der Waals surface area (Å²) in [6, 6.07) is 14.3. The van der Waals surface area contributed by atoms with Gasteiger partial charge in [-0.1, -0.05) is 29.5 Å². The second-order valence-corrected chi connectivity index (χ2v) is 6.05. The molecule has 9 nitrogen and oxygen atoms in total. The van der Waals surface area contributed by atoms with Gasteiger partial charge in [-0.25, -0.2) is 4.68 Å². The third-order valence-corrected chi connectivity index (χ3v) is 3.94. The van der Waals surface area contributed by atoms with Crippen molar-refractivity contribution >= 4 is 29.0 Å². The molecule has 0 aliphatic heterocycles. The molecule has 28 heavy (non-hydrogen) atoms. The number of hydrogen-bond donors (Lipinski definition) is 3. The molecule has 0 aliphatic carbocycles. The number of para-hydroxylation sites is 2. The molecule has 144 valence electrons. The van der Waals surface area contributed by atoms with Gasteiger partial charge in [0.15, 0.2) is 11.5 Å². The minimum Gasteiger partial charge on any atom is -0.495 e. The van der Waals surface area contributed by atoms with Crippen LogP contribution in [0.4, 0.5) is 17.2 Å². The number of nitrogens with two attached hydrogens (primary N) is 1. The van der Waals surface area contributed by atoms with Crippen molar-refractivity contribution < 1.29 is 14.3 Å². The molecule has 1 aromatic heterocycles. The summed E-state index contributed by atoms with van der Waals surface area (Å²) in [5, 5.41) is 13.0. The fourth-order valence-electron chi connectivity index (χ4n) is 2.59. The Bertz CT molecular complexity index is 1010. The van der Waals surface area contributed by atoms with E-state index in [1.807, 2.05) is 25.1 Å². The normalized spacial score (nSPS) is 10.4. The Morgan fingerprint density at radius 2 is 1.93 bits per heavy atom. The fourth-order valence-corrected chi connectivity index (χ4v) is 2.59. The van der Waals surface area contributed by atoms with Gasteiger partial charge in [-0.2, -0.15) is 0 Å². The third kappa shape index (κ3) is 4.26. The first kappa shape index (κ1) is 18.9. The van der Waals surface area contributed by atoms with E-state index in [1.165, 1.54) is 11.8 Å². The average molecular weight is 380 g/mol. The van der Waals surface area contributed by atoms with E-state index >= 15 is 0 Å². The lowest BCUT2D eigenvalue weighted by Gasteiger charge is -2.09. The second kappa shape index (κ2) is 8.21. The number of hydrogen-bond acceptors (Lipinski definition) is 6. The van der Waals surface area contributed by atoms with Crippen LogP contribution >= 0.6 is 0 Å². The first-order valence-electron chi connectivity index (χ1n) is 8.48. The van der Waals surface area contributed by atoms with Gasteiger partial charge >= 0.3 is 0 Å². The molecule has 9 heteroatoms. The van der Waals surface area contributed by atoms with Crippen LogP contribution in [-0.4, -0.2) is 33.9 Å². The Kier molecular flexibility index (Phi) is 5.54. The Balaban J connectivity index is 1.69. The van der Waals surface area contributed by atoms with Gasteiger partial charge in [0.1, 0.15) is 12.3 Å². The van der Waals surface area contributed by atoms with Gasteiger partial charge in [-0.15, -0.1) is 5.10 Å². The number of carbonyl (C=O) groups is 2. The number of nitrogens with one attached hydrogen (secondary N) is 2. The quantitative estimate of drug-likeness (QED) is 0.601. The Hall–Kier alpha value is -3.88. The van der Waals surface area contributed by atoms with Gasteiger partial charge in [0.2, 0.25) is 5.91 Å². The number of methoxy groups -OCH3 is 1. The molecule has 0 fully saturated rings. The predicted molar refractivity (Wildman–Crippen MR) is 105 cm³/mol. The number of aromatic nitrogens is 3. The van der Waals surface area contributed by atoms with Crippen molar-refractivity contribution in [3.63, 3.8) is 0 Å². The van der Waals surface area contributed by atoms with Crippen LogP contribution in [0.5, 0.6) is 5.75 Å². The minimum absolute atomic E-state index is 0.00760. The summed E-state index contributed by atoms with van der Waals surface area (Å²) in [4.78, 5) is 24.7. The topological polar surface area (TPSA) is 124 Å². The molecule has 0 radical (unpaired) electrons. The van der Waals surface area contributed by atoms with Gasteiger partial charge in [-0.3, -0.25) is 9.59 Å². The Morgan fingerprint density at radius 3 is 2.68 bits per heavy atom. The summed E-state index contributed by atoms with van der Waals surface area (Å²) in [6.45, 7) is 1.76. The van der Waals surface area contributed by atoms with E-state index in [0.29, 0.717) is 17.1 Å². The largest absolute Gasteiger partial charge is 0.495 e. The molecular formula is C19H20N6O3. The van der Waals surface area contributed by atoms with E-state index in [2.05, 4.69) is 20.9 Å². The van der Waals surface area contributed by atoms with E-state index < -0.39 is 5.91 Å². The summed E-state index contributed by atoms with van der Waals surface area (Å²) in [5.74, 6) is -0.391. The van der Waals surface area contributed by atoms with Crippen LogP contribution in [0.2, 0.25) is 0 Å². The lowest BCUT2D eigenvalue weighted by Crippen LogP contribution is -2.21. The Labute approximate surface area is 161 Å². The van der Waals surface area contributed by atoms with E-state index in [9.17, 15) is 9.59 Å². The highest BCUT2D eigenvalue weighted by molar-refractivity contribution is 6.06. The van der Waals surface area contributed by atoms with Crippen molar-refractivity contribution in [3.8, 4) is 5.75 Å². The van der Waals surface area contributed by atoms with Crippen LogP contribution in [0.1, 0.15) is 16.1 Å². The van der Waals surface area contributed by atoms with E-state index in [0.717, 1.165) is 5.56 Å². The van der Waals surface area contributed by atoms with Crippen molar-refractivity contribution in [1.29, 1.82) is 0 Å². The van der Waals surface area contributed by atoms with Crippen LogP contribution in [0, 0.1) is 6.92 Å². The zero-order valence-corrected chi connectivity index (χ0v) is 15.5.